The van der Waals surface area contributed by atoms with E-state index in [0.717, 1.165) is 84.9 Å². The number of hydrogen-bond donors (Lipinski definition) is 0. The number of Topliss-reactive ketones (excluding diaryl/α,β-unsaturated/α-hetero) is 1. The predicted molar refractivity (Wildman–Crippen MR) is 205 cm³/mol. The van der Waals surface area contributed by atoms with Crippen LogP contribution in [0.4, 0.5) is 11.4 Å². The van der Waals surface area contributed by atoms with Crippen molar-refractivity contribution in [3.05, 3.63) is 129 Å². The van der Waals surface area contributed by atoms with Crippen LogP contribution in [0.3, 0.4) is 0 Å². The summed E-state index contributed by atoms with van der Waals surface area (Å²) in [7, 11) is 0. The molecule has 2 unspecified atom stereocenters. The summed E-state index contributed by atoms with van der Waals surface area (Å²) in [4.78, 5) is 24.3. The molecule has 2 atom stereocenters. The van der Waals surface area contributed by atoms with Crippen LogP contribution in [-0.2, 0) is 27.5 Å². The van der Waals surface area contributed by atoms with Gasteiger partial charge in [0.25, 0.3) is 0 Å². The number of nitrogens with zero attached hydrogens (tertiary/aromatic N) is 4. The minimum absolute atomic E-state index is 0.158. The van der Waals surface area contributed by atoms with Crippen molar-refractivity contribution in [2.75, 3.05) is 75.4 Å². The van der Waals surface area contributed by atoms with Gasteiger partial charge in [-0.1, -0.05) is 96.0 Å². The van der Waals surface area contributed by atoms with Crippen LogP contribution in [0.5, 0.6) is 0 Å². The van der Waals surface area contributed by atoms with Crippen LogP contribution in [0.15, 0.2) is 97.1 Å². The largest absolute Gasteiger partial charge is 0.375 e. The molecule has 50 heavy (non-hydrogen) atoms. The van der Waals surface area contributed by atoms with Crippen LogP contribution in [0.25, 0.3) is 0 Å². The molecule has 7 nitrogen and oxygen atoms in total. The number of halogens is 2. The highest BCUT2D eigenvalue weighted by Gasteiger charge is 2.38. The quantitative estimate of drug-likeness (QED) is 0.136. The SMILES string of the molecule is Cc1ccc(Cl)cc1N1CCN(C(COCc2ccccc2)C(=O)C(COCc2ccccc2)N2CCN(c3cc(Cl)ccc3C)CC2)CC1. The van der Waals surface area contributed by atoms with E-state index in [9.17, 15) is 4.79 Å². The Hall–Kier alpha value is -3.43. The smallest absolute Gasteiger partial charge is 0.171 e. The second kappa shape index (κ2) is 17.7. The molecule has 264 valence electrons. The van der Waals surface area contributed by atoms with Crippen LogP contribution in [0, 0.1) is 13.8 Å². The maximum Gasteiger partial charge on any atom is 0.171 e. The monoisotopic (exact) mass is 714 g/mol. The molecule has 0 aromatic heterocycles. The first-order chi connectivity index (χ1) is 24.4. The third-order valence-electron chi connectivity index (χ3n) is 9.97. The zero-order valence-corrected chi connectivity index (χ0v) is 30.7. The highest BCUT2D eigenvalue weighted by Crippen LogP contribution is 2.28. The average Bonchev–Trinajstić information content (AvgIpc) is 3.15. The van der Waals surface area contributed by atoms with Gasteiger partial charge in [-0.25, -0.2) is 0 Å². The third-order valence-corrected chi connectivity index (χ3v) is 10.4. The number of ketones is 1. The van der Waals surface area contributed by atoms with Gasteiger partial charge in [-0.2, -0.15) is 0 Å². The maximum absolute atomic E-state index is 14.9. The standard InChI is InChI=1S/C41H48Cl2N4O3/c1-31-13-15-35(42)25-37(31)44-17-21-46(22-18-44)39(29-49-27-33-9-5-3-6-10-33)41(48)40(30-50-28-34-11-7-4-8-12-34)47-23-19-45(20-24-47)38-26-36(43)16-14-32(38)2/h3-16,25-26,39-40H,17-24,27-30H2,1-2H3. The van der Waals surface area contributed by atoms with Crippen LogP contribution in [0.1, 0.15) is 22.3 Å². The molecule has 4 aromatic carbocycles. The fourth-order valence-corrected chi connectivity index (χ4v) is 7.41. The second-order valence-corrected chi connectivity index (χ2v) is 14.2. The molecule has 0 amide bonds. The summed E-state index contributed by atoms with van der Waals surface area (Å²) in [5, 5.41) is 1.47. The van der Waals surface area contributed by atoms with Crippen molar-refractivity contribution < 1.29 is 14.3 Å². The molecule has 0 bridgehead atoms. The molecule has 9 heteroatoms. The lowest BCUT2D eigenvalue weighted by atomic mass is 10.0. The summed E-state index contributed by atoms with van der Waals surface area (Å²) in [6.45, 7) is 12.0. The second-order valence-electron chi connectivity index (χ2n) is 13.3. The van der Waals surface area contributed by atoms with E-state index in [0.29, 0.717) is 26.4 Å². The number of benzene rings is 4. The number of ether oxygens (including phenoxy) is 2. The fraction of sp³-hybridized carbons (Fsp3) is 0.390. The maximum atomic E-state index is 14.9. The molecule has 2 fully saturated rings. The zero-order chi connectivity index (χ0) is 34.9. The van der Waals surface area contributed by atoms with Crippen molar-refractivity contribution in [3.63, 3.8) is 0 Å². The van der Waals surface area contributed by atoms with E-state index in [1.165, 1.54) is 11.1 Å². The Balaban J connectivity index is 1.20. The molecule has 4 aromatic rings. The average molecular weight is 716 g/mol. The molecule has 2 saturated heterocycles. The lowest BCUT2D eigenvalue weighted by Crippen LogP contribution is -2.61. The van der Waals surface area contributed by atoms with Crippen molar-refractivity contribution in [3.8, 4) is 0 Å². The Morgan fingerprint density at radius 1 is 0.580 bits per heavy atom. The number of hydrogen-bond acceptors (Lipinski definition) is 7. The van der Waals surface area contributed by atoms with E-state index >= 15 is 0 Å². The van der Waals surface area contributed by atoms with Gasteiger partial charge in [0.05, 0.1) is 38.5 Å². The molecule has 0 saturated carbocycles. The molecule has 2 aliphatic heterocycles. The first-order valence-corrected chi connectivity index (χ1v) is 18.4. The Morgan fingerprint density at radius 3 is 1.34 bits per heavy atom. The number of rotatable bonds is 14. The van der Waals surface area contributed by atoms with Gasteiger partial charge >= 0.3 is 0 Å². The van der Waals surface area contributed by atoms with E-state index in [1.807, 2.05) is 60.7 Å². The Kier molecular flexibility index (Phi) is 12.9. The van der Waals surface area contributed by atoms with Crippen molar-refractivity contribution >= 4 is 40.4 Å². The van der Waals surface area contributed by atoms with E-state index in [1.54, 1.807) is 0 Å². The molecular formula is C41H48Cl2N4O3. The fourth-order valence-electron chi connectivity index (χ4n) is 7.08. The summed E-state index contributed by atoms with van der Waals surface area (Å²) < 4.78 is 12.7. The number of carbonyl (C=O) groups excluding carboxylic acids is 1. The van der Waals surface area contributed by atoms with Gasteiger partial charge in [0.1, 0.15) is 0 Å². The van der Waals surface area contributed by atoms with Gasteiger partial charge in [-0.15, -0.1) is 0 Å². The van der Waals surface area contributed by atoms with E-state index < -0.39 is 12.1 Å². The van der Waals surface area contributed by atoms with Crippen LogP contribution < -0.4 is 9.80 Å². The molecule has 0 N–H and O–H groups in total. The summed E-state index contributed by atoms with van der Waals surface area (Å²) in [6, 6.07) is 31.6. The molecule has 6 rings (SSSR count). The van der Waals surface area contributed by atoms with Crippen molar-refractivity contribution in [2.24, 2.45) is 0 Å². The Bertz CT molecular complexity index is 1550. The lowest BCUT2D eigenvalue weighted by Gasteiger charge is -2.44. The summed E-state index contributed by atoms with van der Waals surface area (Å²) >= 11 is 12.8. The Morgan fingerprint density at radius 2 is 0.960 bits per heavy atom. The first-order valence-electron chi connectivity index (χ1n) is 17.6. The molecule has 0 aliphatic carbocycles. The van der Waals surface area contributed by atoms with Crippen LogP contribution in [-0.4, -0.2) is 93.2 Å². The highest BCUT2D eigenvalue weighted by molar-refractivity contribution is 6.31. The molecular weight excluding hydrogens is 667 g/mol. The summed E-state index contributed by atoms with van der Waals surface area (Å²) in [5.41, 5.74) is 6.89. The molecule has 0 spiro atoms. The number of anilines is 2. The summed E-state index contributed by atoms with van der Waals surface area (Å²) in [6.07, 6.45) is 0. The third kappa shape index (κ3) is 9.46. The lowest BCUT2D eigenvalue weighted by molar-refractivity contribution is -0.135. The normalized spacial score (nSPS) is 17.1. The van der Waals surface area contributed by atoms with Crippen molar-refractivity contribution in [1.29, 1.82) is 0 Å². The van der Waals surface area contributed by atoms with Crippen LogP contribution >= 0.6 is 23.2 Å². The minimum Gasteiger partial charge on any atom is -0.375 e. The molecule has 0 radical (unpaired) electrons. The molecule has 2 heterocycles. The highest BCUT2D eigenvalue weighted by atomic mass is 35.5. The number of carbonyl (C=O) groups is 1. The molecule has 2 aliphatic rings. The summed E-state index contributed by atoms with van der Waals surface area (Å²) in [5.74, 6) is 0.158. The van der Waals surface area contributed by atoms with Gasteiger partial charge in [-0.3, -0.25) is 14.6 Å². The van der Waals surface area contributed by atoms with Crippen molar-refractivity contribution in [1.82, 2.24) is 9.80 Å². The Labute approximate surface area is 307 Å². The number of aryl methyl sites for hydroxylation is 2. The minimum atomic E-state index is -0.403. The number of piperazine rings is 2. The van der Waals surface area contributed by atoms with Gasteiger partial charge in [0.15, 0.2) is 5.78 Å². The van der Waals surface area contributed by atoms with Crippen molar-refractivity contribution in [2.45, 2.75) is 39.1 Å². The zero-order valence-electron chi connectivity index (χ0n) is 29.1. The van der Waals surface area contributed by atoms with Gasteiger partial charge in [0, 0.05) is 73.8 Å². The van der Waals surface area contributed by atoms with Gasteiger partial charge in [-0.05, 0) is 60.4 Å². The van der Waals surface area contributed by atoms with E-state index in [-0.39, 0.29) is 5.78 Å². The first kappa shape index (κ1) is 36.4. The van der Waals surface area contributed by atoms with E-state index in [2.05, 4.69) is 69.8 Å². The van der Waals surface area contributed by atoms with E-state index in [4.69, 9.17) is 32.7 Å². The van der Waals surface area contributed by atoms with Gasteiger partial charge < -0.3 is 19.3 Å². The van der Waals surface area contributed by atoms with Crippen LogP contribution in [0.2, 0.25) is 10.0 Å². The predicted octanol–water partition coefficient (Wildman–Crippen LogP) is 7.29. The van der Waals surface area contributed by atoms with Gasteiger partial charge in [0.2, 0.25) is 0 Å². The topological polar surface area (TPSA) is 48.5 Å².